The Bertz CT molecular complexity index is 2390. The van der Waals surface area contributed by atoms with Gasteiger partial charge in [-0.05, 0) is 90.3 Å². The smallest absolute Gasteiger partial charge is 0.0540 e. The van der Waals surface area contributed by atoms with Crippen molar-refractivity contribution in [3.63, 3.8) is 0 Å². The summed E-state index contributed by atoms with van der Waals surface area (Å²) in [5.41, 5.74) is 8.88. The van der Waals surface area contributed by atoms with E-state index in [-0.39, 0.29) is 5.41 Å². The molecule has 1 heteroatoms. The summed E-state index contributed by atoms with van der Waals surface area (Å²) in [6, 6.07) is 56.0. The monoisotopic (exact) mass is 561 g/mol. The van der Waals surface area contributed by atoms with Gasteiger partial charge in [0.15, 0.2) is 0 Å². The lowest BCUT2D eigenvalue weighted by atomic mass is 9.82. The molecule has 0 N–H and O–H groups in total. The van der Waals surface area contributed by atoms with Gasteiger partial charge in [0, 0.05) is 22.2 Å². The minimum atomic E-state index is -0.0785. The molecule has 0 saturated heterocycles. The number of fused-ring (bicyclic) bond motifs is 10. The molecule has 0 radical (unpaired) electrons. The van der Waals surface area contributed by atoms with Crippen molar-refractivity contribution in [3.8, 4) is 11.1 Å². The van der Waals surface area contributed by atoms with Gasteiger partial charge in [-0.3, -0.25) is 0 Å². The summed E-state index contributed by atoms with van der Waals surface area (Å²) < 4.78 is 0. The third kappa shape index (κ3) is 3.53. The molecule has 8 aromatic carbocycles. The Hall–Kier alpha value is -5.40. The van der Waals surface area contributed by atoms with Crippen LogP contribution in [0.4, 0.5) is 17.1 Å². The van der Waals surface area contributed by atoms with Crippen LogP contribution in [0, 0.1) is 0 Å². The van der Waals surface area contributed by atoms with E-state index in [4.69, 9.17) is 0 Å². The molecule has 0 atom stereocenters. The summed E-state index contributed by atoms with van der Waals surface area (Å²) in [5, 5.41) is 10.2. The van der Waals surface area contributed by atoms with Gasteiger partial charge >= 0.3 is 0 Å². The molecule has 0 heterocycles. The topological polar surface area (TPSA) is 3.24 Å². The second kappa shape index (κ2) is 9.30. The number of nitrogens with zero attached hydrogens (tertiary/aromatic N) is 1. The van der Waals surface area contributed by atoms with Crippen molar-refractivity contribution in [2.45, 2.75) is 19.3 Å². The lowest BCUT2D eigenvalue weighted by Crippen LogP contribution is -2.16. The lowest BCUT2D eigenvalue weighted by Gasteiger charge is -2.29. The predicted octanol–water partition coefficient (Wildman–Crippen LogP) is 12.1. The Morgan fingerprint density at radius 1 is 0.386 bits per heavy atom. The number of rotatable bonds is 3. The standard InChI is InChI=1S/C43H31N/c1-43(2)40-20-10-9-19-37(40)38-25-23-30(27-41(38)43)44(42-21-11-13-28-12-3-4-14-31(28)42)29-22-24-36-34-17-6-5-15-32(34)33-16-7-8-18-35(33)39(36)26-29/h3-27H,1-2H3. The van der Waals surface area contributed by atoms with Crippen LogP contribution >= 0.6 is 0 Å². The maximum absolute atomic E-state index is 2.46. The Morgan fingerprint density at radius 2 is 0.909 bits per heavy atom. The largest absolute Gasteiger partial charge is 0.310 e. The molecule has 1 aliphatic rings. The molecule has 208 valence electrons. The van der Waals surface area contributed by atoms with Crippen molar-refractivity contribution in [1.29, 1.82) is 0 Å². The van der Waals surface area contributed by atoms with Gasteiger partial charge in [0.05, 0.1) is 5.69 Å². The van der Waals surface area contributed by atoms with Gasteiger partial charge < -0.3 is 4.90 Å². The summed E-state index contributed by atoms with van der Waals surface area (Å²) in [7, 11) is 0. The molecule has 0 fully saturated rings. The number of anilines is 3. The fraction of sp³-hybridized carbons (Fsp3) is 0.0698. The van der Waals surface area contributed by atoms with Gasteiger partial charge in [-0.25, -0.2) is 0 Å². The summed E-state index contributed by atoms with van der Waals surface area (Å²) >= 11 is 0. The first-order valence-electron chi connectivity index (χ1n) is 15.5. The average molecular weight is 562 g/mol. The van der Waals surface area contributed by atoms with E-state index in [1.54, 1.807) is 0 Å². The predicted molar refractivity (Wildman–Crippen MR) is 189 cm³/mol. The third-order valence-electron chi connectivity index (χ3n) is 9.82. The van der Waals surface area contributed by atoms with Crippen molar-refractivity contribution in [3.05, 3.63) is 163 Å². The molecule has 44 heavy (non-hydrogen) atoms. The quantitative estimate of drug-likeness (QED) is 0.194. The fourth-order valence-electron chi connectivity index (χ4n) is 7.70. The highest BCUT2D eigenvalue weighted by Crippen LogP contribution is 2.51. The molecule has 0 amide bonds. The first-order chi connectivity index (χ1) is 21.6. The van der Waals surface area contributed by atoms with Crippen LogP contribution in [0.5, 0.6) is 0 Å². The van der Waals surface area contributed by atoms with Crippen LogP contribution in [0.1, 0.15) is 25.0 Å². The first kappa shape index (κ1) is 25.1. The Morgan fingerprint density at radius 3 is 1.66 bits per heavy atom. The van der Waals surface area contributed by atoms with Gasteiger partial charge in [0.2, 0.25) is 0 Å². The summed E-state index contributed by atoms with van der Waals surface area (Å²) in [6.07, 6.45) is 0. The van der Waals surface area contributed by atoms with Crippen molar-refractivity contribution < 1.29 is 0 Å². The first-order valence-corrected chi connectivity index (χ1v) is 15.5. The van der Waals surface area contributed by atoms with E-state index in [2.05, 4.69) is 170 Å². The third-order valence-corrected chi connectivity index (χ3v) is 9.82. The molecule has 0 unspecified atom stereocenters. The molecule has 1 aliphatic carbocycles. The average Bonchev–Trinajstić information content (AvgIpc) is 3.31. The second-order valence-corrected chi connectivity index (χ2v) is 12.6. The molecule has 0 aromatic heterocycles. The Balaban J connectivity index is 1.34. The van der Waals surface area contributed by atoms with E-state index >= 15 is 0 Å². The fourth-order valence-corrected chi connectivity index (χ4v) is 7.70. The van der Waals surface area contributed by atoms with E-state index in [1.807, 2.05) is 0 Å². The van der Waals surface area contributed by atoms with Crippen molar-refractivity contribution in [1.82, 2.24) is 0 Å². The zero-order chi connectivity index (χ0) is 29.4. The molecular formula is C43H31N. The maximum atomic E-state index is 2.46. The zero-order valence-electron chi connectivity index (χ0n) is 24.9. The highest BCUT2D eigenvalue weighted by molar-refractivity contribution is 6.25. The Labute approximate surface area is 257 Å². The Kier molecular flexibility index (Phi) is 5.31. The molecule has 0 saturated carbocycles. The summed E-state index contributed by atoms with van der Waals surface area (Å²) in [5.74, 6) is 0. The van der Waals surface area contributed by atoms with Crippen LogP contribution in [-0.2, 0) is 5.41 Å². The highest BCUT2D eigenvalue weighted by atomic mass is 15.1. The van der Waals surface area contributed by atoms with E-state index in [1.165, 1.54) is 76.7 Å². The van der Waals surface area contributed by atoms with Crippen molar-refractivity contribution in [2.24, 2.45) is 0 Å². The highest BCUT2D eigenvalue weighted by Gasteiger charge is 2.35. The number of hydrogen-bond donors (Lipinski definition) is 0. The lowest BCUT2D eigenvalue weighted by molar-refractivity contribution is 0.660. The number of benzene rings is 8. The van der Waals surface area contributed by atoms with Crippen LogP contribution in [0.15, 0.2) is 152 Å². The minimum Gasteiger partial charge on any atom is -0.310 e. The molecular weight excluding hydrogens is 530 g/mol. The summed E-state index contributed by atoms with van der Waals surface area (Å²) in [6.45, 7) is 4.72. The van der Waals surface area contributed by atoms with Crippen LogP contribution in [0.25, 0.3) is 54.2 Å². The molecule has 0 aliphatic heterocycles. The zero-order valence-corrected chi connectivity index (χ0v) is 24.9. The van der Waals surface area contributed by atoms with Gasteiger partial charge in [-0.2, -0.15) is 0 Å². The molecule has 1 nitrogen and oxygen atoms in total. The normalized spacial score (nSPS) is 13.4. The van der Waals surface area contributed by atoms with Gasteiger partial charge in [-0.1, -0.05) is 135 Å². The SMILES string of the molecule is CC1(C)c2ccccc2-c2ccc(N(c3ccc4c5ccccc5c5ccccc5c4c3)c3cccc4ccccc34)cc21. The van der Waals surface area contributed by atoms with Crippen LogP contribution in [0.3, 0.4) is 0 Å². The molecule has 0 spiro atoms. The van der Waals surface area contributed by atoms with Crippen molar-refractivity contribution >= 4 is 60.2 Å². The van der Waals surface area contributed by atoms with E-state index in [9.17, 15) is 0 Å². The maximum Gasteiger partial charge on any atom is 0.0540 e. The molecule has 8 aromatic rings. The van der Waals surface area contributed by atoms with Crippen molar-refractivity contribution in [2.75, 3.05) is 4.90 Å². The minimum absolute atomic E-state index is 0.0785. The van der Waals surface area contributed by atoms with Crippen LogP contribution in [0.2, 0.25) is 0 Å². The van der Waals surface area contributed by atoms with E-state index in [0.717, 1.165) is 5.69 Å². The molecule has 0 bridgehead atoms. The van der Waals surface area contributed by atoms with E-state index < -0.39 is 0 Å². The van der Waals surface area contributed by atoms with Gasteiger partial charge in [0.25, 0.3) is 0 Å². The van der Waals surface area contributed by atoms with E-state index in [0.29, 0.717) is 0 Å². The summed E-state index contributed by atoms with van der Waals surface area (Å²) in [4.78, 5) is 2.46. The van der Waals surface area contributed by atoms with Gasteiger partial charge in [-0.15, -0.1) is 0 Å². The van der Waals surface area contributed by atoms with Crippen LogP contribution < -0.4 is 4.90 Å². The second-order valence-electron chi connectivity index (χ2n) is 12.6. The van der Waals surface area contributed by atoms with Gasteiger partial charge in [0.1, 0.15) is 0 Å². The molecule has 9 rings (SSSR count). The number of hydrogen-bond acceptors (Lipinski definition) is 1. The van der Waals surface area contributed by atoms with Crippen LogP contribution in [-0.4, -0.2) is 0 Å².